The highest BCUT2D eigenvalue weighted by Gasteiger charge is 2.56. The fraction of sp³-hybridized carbons (Fsp3) is 0.0345. The molecule has 2 aliphatic carbocycles. The Morgan fingerprint density at radius 3 is 1.22 bits per heavy atom. The number of hydrogen-bond acceptors (Lipinski definition) is 1. The number of fused-ring (bicyclic) bond motifs is 11. The summed E-state index contributed by atoms with van der Waals surface area (Å²) in [6.45, 7) is 0. The van der Waals surface area contributed by atoms with Gasteiger partial charge < -0.3 is 4.90 Å². The second-order valence-corrected chi connectivity index (χ2v) is 15.9. The van der Waals surface area contributed by atoms with Crippen molar-refractivity contribution < 1.29 is 0 Å². The third kappa shape index (κ3) is 4.62. The lowest BCUT2D eigenvalue weighted by Crippen LogP contribution is -2.44. The van der Waals surface area contributed by atoms with Gasteiger partial charge in [0, 0.05) is 16.5 Å². The molecular weight excluding hydrogens is 711 g/mol. The van der Waals surface area contributed by atoms with Crippen LogP contribution >= 0.6 is 0 Å². The van der Waals surface area contributed by atoms with Crippen LogP contribution in [-0.4, -0.2) is 0 Å². The zero-order chi connectivity index (χ0) is 39.0. The molecule has 10 aromatic rings. The molecule has 0 aliphatic heterocycles. The topological polar surface area (TPSA) is 3.24 Å². The first-order valence-electron chi connectivity index (χ1n) is 20.6. The molecule has 0 radical (unpaired) electrons. The number of benzene rings is 10. The Hall–Kier alpha value is -7.48. The van der Waals surface area contributed by atoms with Crippen molar-refractivity contribution >= 4 is 38.6 Å². The summed E-state index contributed by atoms with van der Waals surface area (Å²) in [7, 11) is 0. The van der Waals surface area contributed by atoms with E-state index in [9.17, 15) is 0 Å². The van der Waals surface area contributed by atoms with E-state index in [4.69, 9.17) is 0 Å². The van der Waals surface area contributed by atoms with E-state index in [-0.39, 0.29) is 0 Å². The molecule has 0 amide bonds. The van der Waals surface area contributed by atoms with Crippen LogP contribution in [0.2, 0.25) is 0 Å². The number of nitrogens with zero attached hydrogens (tertiary/aromatic N) is 1. The average molecular weight is 750 g/mol. The highest BCUT2D eigenvalue weighted by Crippen LogP contribution is 2.65. The summed E-state index contributed by atoms with van der Waals surface area (Å²) >= 11 is 0. The van der Waals surface area contributed by atoms with E-state index in [2.05, 4.69) is 241 Å². The first kappa shape index (κ1) is 33.6. The Morgan fingerprint density at radius 1 is 0.271 bits per heavy atom. The van der Waals surface area contributed by atoms with Gasteiger partial charge in [0.05, 0.1) is 22.2 Å². The Morgan fingerprint density at radius 2 is 0.678 bits per heavy atom. The molecule has 0 bridgehead atoms. The van der Waals surface area contributed by atoms with Gasteiger partial charge in [0.2, 0.25) is 0 Å². The summed E-state index contributed by atoms with van der Waals surface area (Å²) in [5, 5.41) is 4.87. The van der Waals surface area contributed by atoms with Crippen molar-refractivity contribution in [3.8, 4) is 11.1 Å². The van der Waals surface area contributed by atoms with Crippen molar-refractivity contribution in [1.29, 1.82) is 0 Å². The van der Waals surface area contributed by atoms with E-state index in [0.29, 0.717) is 0 Å². The molecular formula is C58H39N. The van der Waals surface area contributed by atoms with Crippen LogP contribution in [0.25, 0.3) is 32.7 Å². The molecule has 1 nitrogen and oxygen atoms in total. The van der Waals surface area contributed by atoms with E-state index in [1.165, 1.54) is 77.2 Å². The zero-order valence-corrected chi connectivity index (χ0v) is 32.5. The maximum Gasteiger partial charge on any atom is 0.0720 e. The van der Waals surface area contributed by atoms with Gasteiger partial charge >= 0.3 is 0 Å². The van der Waals surface area contributed by atoms with Gasteiger partial charge in [-0.1, -0.05) is 212 Å². The molecule has 1 spiro atoms. The SMILES string of the molecule is c1ccc(C2(c3ccccc3)c3ccccc3C3(c4ccccc4-c4cc(N(c5cccc6ccccc56)c5cccc6ccccc56)ccc43)c3ccccc32)cc1. The lowest BCUT2D eigenvalue weighted by Gasteiger charge is -2.50. The van der Waals surface area contributed by atoms with E-state index < -0.39 is 10.8 Å². The fourth-order valence-electron chi connectivity index (χ4n) is 10.9. The molecule has 10 aromatic carbocycles. The summed E-state index contributed by atoms with van der Waals surface area (Å²) in [6, 6.07) is 88.1. The number of rotatable bonds is 5. The van der Waals surface area contributed by atoms with Crippen molar-refractivity contribution in [3.63, 3.8) is 0 Å². The van der Waals surface area contributed by atoms with Crippen LogP contribution in [0.5, 0.6) is 0 Å². The highest BCUT2D eigenvalue weighted by molar-refractivity contribution is 6.05. The van der Waals surface area contributed by atoms with E-state index in [0.717, 1.165) is 17.1 Å². The van der Waals surface area contributed by atoms with Gasteiger partial charge in [-0.15, -0.1) is 0 Å². The van der Waals surface area contributed by atoms with Gasteiger partial charge in [0.15, 0.2) is 0 Å². The van der Waals surface area contributed by atoms with Gasteiger partial charge in [0.1, 0.15) is 0 Å². The minimum atomic E-state index is -0.547. The van der Waals surface area contributed by atoms with Gasteiger partial charge in [0.25, 0.3) is 0 Å². The summed E-state index contributed by atoms with van der Waals surface area (Å²) in [5.74, 6) is 0. The molecule has 2 aliphatic rings. The first-order chi connectivity index (χ1) is 29.3. The largest absolute Gasteiger partial charge is 0.309 e. The molecule has 0 atom stereocenters. The van der Waals surface area contributed by atoms with Crippen molar-refractivity contribution in [3.05, 3.63) is 281 Å². The molecule has 0 saturated heterocycles. The fourth-order valence-corrected chi connectivity index (χ4v) is 10.9. The van der Waals surface area contributed by atoms with Crippen molar-refractivity contribution in [2.24, 2.45) is 0 Å². The minimum absolute atomic E-state index is 0.530. The predicted molar refractivity (Wildman–Crippen MR) is 245 cm³/mol. The third-order valence-electron chi connectivity index (χ3n) is 13.2. The third-order valence-corrected chi connectivity index (χ3v) is 13.2. The molecule has 0 unspecified atom stereocenters. The Kier molecular flexibility index (Phi) is 7.43. The Balaban J connectivity index is 1.17. The van der Waals surface area contributed by atoms with Crippen LogP contribution in [0.15, 0.2) is 237 Å². The normalized spacial score (nSPS) is 14.0. The van der Waals surface area contributed by atoms with Crippen LogP contribution in [0.3, 0.4) is 0 Å². The van der Waals surface area contributed by atoms with E-state index in [1.54, 1.807) is 0 Å². The monoisotopic (exact) mass is 749 g/mol. The second kappa shape index (κ2) is 13.0. The smallest absolute Gasteiger partial charge is 0.0720 e. The lowest BCUT2D eigenvalue weighted by molar-refractivity contribution is 0.623. The molecule has 1 heteroatoms. The standard InChI is InChI=1S/C58H39N/c1-3-23-42(24-4-1)57(43-25-5-2-6-26-43)51-31-13-15-33-53(51)58(54-34-16-14-32-52(54)57)49-30-12-11-29-47(49)48-39-44(37-38-50(48)58)59(55-35-17-21-40-19-7-9-27-45(40)55)56-36-18-22-41-20-8-10-28-46(41)56/h1-39H. The zero-order valence-electron chi connectivity index (χ0n) is 32.5. The molecule has 276 valence electrons. The van der Waals surface area contributed by atoms with Gasteiger partial charge in [-0.2, -0.15) is 0 Å². The Labute approximate surface area is 345 Å². The second-order valence-electron chi connectivity index (χ2n) is 15.9. The van der Waals surface area contributed by atoms with Crippen molar-refractivity contribution in [1.82, 2.24) is 0 Å². The average Bonchev–Trinajstić information content (AvgIpc) is 3.60. The lowest BCUT2D eigenvalue weighted by atomic mass is 9.51. The van der Waals surface area contributed by atoms with Crippen LogP contribution < -0.4 is 4.90 Å². The molecule has 59 heavy (non-hydrogen) atoms. The molecule has 0 saturated carbocycles. The maximum atomic E-state index is 2.48. The maximum absolute atomic E-state index is 2.48. The molecule has 0 N–H and O–H groups in total. The Bertz CT molecular complexity index is 3050. The first-order valence-corrected chi connectivity index (χ1v) is 20.6. The highest BCUT2D eigenvalue weighted by atomic mass is 15.1. The van der Waals surface area contributed by atoms with E-state index in [1.807, 2.05) is 0 Å². The van der Waals surface area contributed by atoms with Crippen LogP contribution in [0.1, 0.15) is 44.5 Å². The van der Waals surface area contributed by atoms with Gasteiger partial charge in [-0.05, 0) is 90.7 Å². The number of anilines is 3. The summed E-state index contributed by atoms with van der Waals surface area (Å²) in [6.07, 6.45) is 0. The van der Waals surface area contributed by atoms with Crippen molar-refractivity contribution in [2.75, 3.05) is 4.90 Å². The van der Waals surface area contributed by atoms with Crippen LogP contribution in [0.4, 0.5) is 17.1 Å². The van der Waals surface area contributed by atoms with Gasteiger partial charge in [-0.3, -0.25) is 0 Å². The molecule has 0 aromatic heterocycles. The van der Waals surface area contributed by atoms with Crippen LogP contribution in [0, 0.1) is 0 Å². The van der Waals surface area contributed by atoms with Gasteiger partial charge in [-0.25, -0.2) is 0 Å². The van der Waals surface area contributed by atoms with E-state index >= 15 is 0 Å². The number of hydrogen-bond donors (Lipinski definition) is 0. The molecule has 12 rings (SSSR count). The summed E-state index contributed by atoms with van der Waals surface area (Å²) in [4.78, 5) is 2.48. The van der Waals surface area contributed by atoms with Crippen LogP contribution in [-0.2, 0) is 10.8 Å². The van der Waals surface area contributed by atoms with Crippen molar-refractivity contribution in [2.45, 2.75) is 10.8 Å². The minimum Gasteiger partial charge on any atom is -0.309 e. The quantitative estimate of drug-likeness (QED) is 0.169. The summed E-state index contributed by atoms with van der Waals surface area (Å²) < 4.78 is 0. The predicted octanol–water partition coefficient (Wildman–Crippen LogP) is 14.5. The molecule has 0 fully saturated rings. The molecule has 0 heterocycles. The summed E-state index contributed by atoms with van der Waals surface area (Å²) in [5.41, 5.74) is 15.4.